The topological polar surface area (TPSA) is 93.3 Å². The molecule has 3 N–H and O–H groups in total. The summed E-state index contributed by atoms with van der Waals surface area (Å²) >= 11 is 5.09. The quantitative estimate of drug-likeness (QED) is 0.281. The molecule has 0 atom stereocenters. The summed E-state index contributed by atoms with van der Waals surface area (Å²) in [7, 11) is -4.43. The average Bonchev–Trinajstić information content (AvgIpc) is 2.46. The van der Waals surface area contributed by atoms with Crippen molar-refractivity contribution in [3.63, 3.8) is 0 Å². The molecular formula is C13H12N3NaO3S2. The van der Waals surface area contributed by atoms with E-state index < -0.39 is 10.1 Å². The van der Waals surface area contributed by atoms with Gasteiger partial charge < -0.3 is 9.87 Å². The van der Waals surface area contributed by atoms with Crippen LogP contribution < -0.4 is 45.7 Å². The summed E-state index contributed by atoms with van der Waals surface area (Å²) in [5, 5.41) is 3.31. The van der Waals surface area contributed by atoms with Gasteiger partial charge in [-0.25, -0.2) is 8.42 Å². The third-order valence-electron chi connectivity index (χ3n) is 2.50. The molecule has 0 fully saturated rings. The zero-order valence-corrected chi connectivity index (χ0v) is 15.4. The number of hydrazine groups is 1. The first-order valence-electron chi connectivity index (χ1n) is 5.89. The van der Waals surface area contributed by atoms with E-state index in [2.05, 4.69) is 16.2 Å². The van der Waals surface area contributed by atoms with Crippen LogP contribution >= 0.6 is 12.2 Å². The summed E-state index contributed by atoms with van der Waals surface area (Å²) in [6.07, 6.45) is 0. The molecule has 0 saturated carbocycles. The molecule has 9 heteroatoms. The summed E-state index contributed by atoms with van der Waals surface area (Å²) in [6.45, 7) is 0. The number of thiocarbonyl (C=S) groups is 1. The zero-order valence-electron chi connectivity index (χ0n) is 11.7. The van der Waals surface area contributed by atoms with Gasteiger partial charge in [0.2, 0.25) is 0 Å². The zero-order chi connectivity index (χ0) is 15.3. The first kappa shape index (κ1) is 18.9. The van der Waals surface area contributed by atoms with E-state index in [1.165, 1.54) is 24.3 Å². The maximum absolute atomic E-state index is 10.8. The van der Waals surface area contributed by atoms with Gasteiger partial charge in [-0.3, -0.25) is 10.9 Å². The summed E-state index contributed by atoms with van der Waals surface area (Å²) in [4.78, 5) is -0.280. The normalized spacial score (nSPS) is 10.2. The molecule has 0 radical (unpaired) electrons. The third-order valence-corrected chi connectivity index (χ3v) is 3.55. The van der Waals surface area contributed by atoms with Crippen LogP contribution in [0.4, 0.5) is 11.4 Å². The van der Waals surface area contributed by atoms with Gasteiger partial charge >= 0.3 is 29.6 Å². The second-order valence-corrected chi connectivity index (χ2v) is 5.84. The van der Waals surface area contributed by atoms with Crippen LogP contribution in [-0.4, -0.2) is 18.1 Å². The number of nitrogens with one attached hydrogen (secondary N) is 3. The van der Waals surface area contributed by atoms with Crippen LogP contribution in [0, 0.1) is 0 Å². The van der Waals surface area contributed by atoms with E-state index in [1.807, 2.05) is 30.3 Å². The molecule has 110 valence electrons. The van der Waals surface area contributed by atoms with E-state index in [-0.39, 0.29) is 34.5 Å². The van der Waals surface area contributed by atoms with Crippen molar-refractivity contribution in [2.45, 2.75) is 4.90 Å². The molecule has 2 aromatic rings. The van der Waals surface area contributed by atoms with Gasteiger partial charge in [-0.2, -0.15) is 0 Å². The van der Waals surface area contributed by atoms with Gasteiger partial charge in [0.1, 0.15) is 10.1 Å². The van der Waals surface area contributed by atoms with Gasteiger partial charge in [-0.15, -0.1) is 0 Å². The Labute approximate surface area is 156 Å². The average molecular weight is 345 g/mol. The molecule has 0 aliphatic rings. The minimum Gasteiger partial charge on any atom is -0.744 e. The largest absolute Gasteiger partial charge is 1.00 e. The van der Waals surface area contributed by atoms with Crippen molar-refractivity contribution in [1.82, 2.24) is 5.43 Å². The number of hydrogen-bond acceptors (Lipinski definition) is 5. The Kier molecular flexibility index (Phi) is 7.27. The maximum Gasteiger partial charge on any atom is 1.00 e. The van der Waals surface area contributed by atoms with E-state index in [4.69, 9.17) is 12.2 Å². The van der Waals surface area contributed by atoms with Gasteiger partial charge in [-0.1, -0.05) is 18.2 Å². The van der Waals surface area contributed by atoms with Crippen molar-refractivity contribution < 1.29 is 42.5 Å². The molecule has 0 unspecified atom stereocenters. The molecular weight excluding hydrogens is 333 g/mol. The molecule has 0 aliphatic heterocycles. The molecule has 6 nitrogen and oxygen atoms in total. The van der Waals surface area contributed by atoms with E-state index in [1.54, 1.807) is 0 Å². The van der Waals surface area contributed by atoms with Crippen molar-refractivity contribution in [2.75, 3.05) is 10.7 Å². The van der Waals surface area contributed by atoms with Crippen molar-refractivity contribution >= 4 is 38.8 Å². The predicted octanol–water partition coefficient (Wildman–Crippen LogP) is -1.09. The smallest absolute Gasteiger partial charge is 0.744 e. The molecule has 0 aromatic heterocycles. The third kappa shape index (κ3) is 5.91. The molecule has 0 amide bonds. The Bertz CT molecular complexity index is 722. The van der Waals surface area contributed by atoms with Gasteiger partial charge in [0.15, 0.2) is 5.11 Å². The minimum absolute atomic E-state index is 0. The first-order valence-corrected chi connectivity index (χ1v) is 7.71. The van der Waals surface area contributed by atoms with Crippen molar-refractivity contribution in [3.8, 4) is 0 Å². The number of anilines is 2. The Morgan fingerprint density at radius 2 is 1.55 bits per heavy atom. The van der Waals surface area contributed by atoms with Crippen LogP contribution in [0.5, 0.6) is 0 Å². The van der Waals surface area contributed by atoms with Crippen LogP contribution in [0.15, 0.2) is 59.5 Å². The van der Waals surface area contributed by atoms with E-state index in [0.29, 0.717) is 10.8 Å². The number of para-hydroxylation sites is 1. The monoisotopic (exact) mass is 345 g/mol. The summed E-state index contributed by atoms with van der Waals surface area (Å²) in [5.74, 6) is 0. The SMILES string of the molecule is O=S(=O)([O-])c1ccc(NNC(=S)Nc2ccccc2)cc1.[Na+]. The minimum atomic E-state index is -4.43. The predicted molar refractivity (Wildman–Crippen MR) is 83.8 cm³/mol. The van der Waals surface area contributed by atoms with E-state index >= 15 is 0 Å². The maximum atomic E-state index is 10.8. The van der Waals surface area contributed by atoms with E-state index in [0.717, 1.165) is 5.69 Å². The molecule has 22 heavy (non-hydrogen) atoms. The molecule has 0 aliphatic carbocycles. The van der Waals surface area contributed by atoms with Crippen LogP contribution in [0.3, 0.4) is 0 Å². The Balaban J connectivity index is 0.00000242. The Morgan fingerprint density at radius 1 is 0.955 bits per heavy atom. The van der Waals surface area contributed by atoms with Crippen molar-refractivity contribution in [2.24, 2.45) is 0 Å². The van der Waals surface area contributed by atoms with Crippen LogP contribution in [0.1, 0.15) is 0 Å². The summed E-state index contributed by atoms with van der Waals surface area (Å²) < 4.78 is 32.4. The molecule has 2 aromatic carbocycles. The van der Waals surface area contributed by atoms with Gasteiger partial charge in [0.05, 0.1) is 10.6 Å². The number of rotatable bonds is 4. The van der Waals surface area contributed by atoms with Gasteiger partial charge in [-0.05, 0) is 48.6 Å². The summed E-state index contributed by atoms with van der Waals surface area (Å²) in [5.41, 5.74) is 6.95. The van der Waals surface area contributed by atoms with Crippen LogP contribution in [0.25, 0.3) is 0 Å². The fraction of sp³-hybridized carbons (Fsp3) is 0. The molecule has 0 heterocycles. The van der Waals surface area contributed by atoms with Crippen LogP contribution in [-0.2, 0) is 10.1 Å². The van der Waals surface area contributed by atoms with Gasteiger partial charge in [0.25, 0.3) is 0 Å². The van der Waals surface area contributed by atoms with Crippen LogP contribution in [0.2, 0.25) is 0 Å². The second kappa shape index (κ2) is 8.47. The van der Waals surface area contributed by atoms with Gasteiger partial charge in [0, 0.05) is 5.69 Å². The second-order valence-electron chi connectivity index (χ2n) is 4.05. The molecule has 2 rings (SSSR count). The van der Waals surface area contributed by atoms with E-state index in [9.17, 15) is 13.0 Å². The molecule has 0 bridgehead atoms. The number of benzene rings is 2. The fourth-order valence-electron chi connectivity index (χ4n) is 1.52. The van der Waals surface area contributed by atoms with Crippen molar-refractivity contribution in [3.05, 3.63) is 54.6 Å². The molecule has 0 saturated heterocycles. The fourth-order valence-corrected chi connectivity index (χ4v) is 2.16. The molecule has 0 spiro atoms. The first-order chi connectivity index (χ1) is 9.95. The van der Waals surface area contributed by atoms with Crippen molar-refractivity contribution in [1.29, 1.82) is 0 Å². The summed E-state index contributed by atoms with van der Waals surface area (Å²) in [6, 6.07) is 14.7. The standard InChI is InChI=1S/C13H13N3O3S2.Na/c17-21(18,19)12-8-6-11(7-9-12)15-16-13(20)14-10-4-2-1-3-5-10;/h1-9,15H,(H2,14,16,20)(H,17,18,19);/q;+1/p-1. The Morgan fingerprint density at radius 3 is 2.09 bits per heavy atom. The Hall–Kier alpha value is -1.16. The number of hydrogen-bond donors (Lipinski definition) is 3.